The number of thiazole rings is 1. The van der Waals surface area contributed by atoms with Crippen molar-refractivity contribution in [1.29, 1.82) is 0 Å². The van der Waals surface area contributed by atoms with Gasteiger partial charge in [0.05, 0.1) is 5.69 Å². The van der Waals surface area contributed by atoms with Crippen molar-refractivity contribution in [1.82, 2.24) is 15.2 Å². The highest BCUT2D eigenvalue weighted by molar-refractivity contribution is 7.14. The highest BCUT2D eigenvalue weighted by Gasteiger charge is 2.49. The van der Waals surface area contributed by atoms with Gasteiger partial charge in [-0.05, 0) is 24.6 Å². The van der Waals surface area contributed by atoms with Gasteiger partial charge in [-0.25, -0.2) is 14.2 Å². The van der Waals surface area contributed by atoms with E-state index >= 15 is 0 Å². The van der Waals surface area contributed by atoms with E-state index in [4.69, 9.17) is 0 Å². The molecule has 2 N–H and O–H groups in total. The normalized spacial score (nSPS) is 18.4. The van der Waals surface area contributed by atoms with E-state index in [-0.39, 0.29) is 0 Å². The molecule has 0 spiro atoms. The Morgan fingerprint density at radius 2 is 1.87 bits per heavy atom. The van der Waals surface area contributed by atoms with Crippen LogP contribution in [0.15, 0.2) is 60.0 Å². The Morgan fingerprint density at radius 3 is 2.57 bits per heavy atom. The minimum atomic E-state index is -1.37. The van der Waals surface area contributed by atoms with Gasteiger partial charge in [0.1, 0.15) is 17.9 Å². The number of hydrogen-bond acceptors (Lipinski definition) is 5. The first kappa shape index (κ1) is 19.7. The van der Waals surface area contributed by atoms with E-state index in [2.05, 4.69) is 15.6 Å². The van der Waals surface area contributed by atoms with Gasteiger partial charge < -0.3 is 10.6 Å². The third kappa shape index (κ3) is 3.67. The molecule has 2 heterocycles. The average Bonchev–Trinajstić information content (AvgIpc) is 3.28. The van der Waals surface area contributed by atoms with E-state index in [0.29, 0.717) is 10.7 Å². The standard InChI is InChI=1S/C21H17FN4O3S/c1-21(14-7-9-15(22)10-8-14)18(28)26(20(29)25-21)11-17(27)24-19-23-16(12-30-19)13-5-3-2-4-6-13/h2-10,12H,11H2,1H3,(H,25,29)(H,23,24,27). The van der Waals surface area contributed by atoms with Crippen LogP contribution in [-0.2, 0) is 15.1 Å². The van der Waals surface area contributed by atoms with Crippen molar-refractivity contribution in [2.45, 2.75) is 12.5 Å². The lowest BCUT2D eigenvalue weighted by Gasteiger charge is -2.22. The summed E-state index contributed by atoms with van der Waals surface area (Å²) in [5.74, 6) is -1.58. The SMILES string of the molecule is CC1(c2ccc(F)cc2)NC(=O)N(CC(=O)Nc2nc(-c3ccccc3)cs2)C1=O. The zero-order valence-corrected chi connectivity index (χ0v) is 16.7. The van der Waals surface area contributed by atoms with Crippen molar-refractivity contribution >= 4 is 34.3 Å². The first-order chi connectivity index (χ1) is 14.4. The molecule has 1 atom stereocenters. The predicted octanol–water partition coefficient (Wildman–Crippen LogP) is 3.35. The number of aromatic nitrogens is 1. The number of hydrogen-bond donors (Lipinski definition) is 2. The number of benzene rings is 2. The lowest BCUT2D eigenvalue weighted by atomic mass is 9.92. The van der Waals surface area contributed by atoms with E-state index in [1.165, 1.54) is 42.5 Å². The summed E-state index contributed by atoms with van der Waals surface area (Å²) in [6, 6.07) is 14.1. The Bertz CT molecular complexity index is 1120. The molecule has 4 rings (SSSR count). The molecule has 0 aliphatic carbocycles. The van der Waals surface area contributed by atoms with Crippen LogP contribution in [0, 0.1) is 5.82 Å². The maximum absolute atomic E-state index is 13.2. The zero-order valence-electron chi connectivity index (χ0n) is 15.9. The van der Waals surface area contributed by atoms with Crippen molar-refractivity contribution < 1.29 is 18.8 Å². The molecule has 2 aromatic carbocycles. The monoisotopic (exact) mass is 424 g/mol. The molecule has 4 amide bonds. The first-order valence-corrected chi connectivity index (χ1v) is 9.96. The number of amides is 4. The number of nitrogens with zero attached hydrogens (tertiary/aromatic N) is 2. The number of anilines is 1. The average molecular weight is 424 g/mol. The summed E-state index contributed by atoms with van der Waals surface area (Å²) in [7, 11) is 0. The van der Waals surface area contributed by atoms with Crippen LogP contribution >= 0.6 is 11.3 Å². The van der Waals surface area contributed by atoms with E-state index < -0.39 is 35.7 Å². The summed E-state index contributed by atoms with van der Waals surface area (Å²) < 4.78 is 13.2. The fourth-order valence-corrected chi connectivity index (χ4v) is 3.93. The summed E-state index contributed by atoms with van der Waals surface area (Å²) in [5, 5.41) is 7.38. The van der Waals surface area contributed by atoms with Gasteiger partial charge in [-0.3, -0.25) is 14.5 Å². The molecule has 152 valence electrons. The minimum absolute atomic E-state index is 0.368. The van der Waals surface area contributed by atoms with Gasteiger partial charge in [-0.1, -0.05) is 42.5 Å². The molecule has 1 aromatic heterocycles. The molecule has 1 unspecified atom stereocenters. The topological polar surface area (TPSA) is 91.4 Å². The predicted molar refractivity (Wildman–Crippen MR) is 110 cm³/mol. The van der Waals surface area contributed by atoms with E-state index in [1.807, 2.05) is 35.7 Å². The fourth-order valence-electron chi connectivity index (χ4n) is 3.19. The smallest absolute Gasteiger partial charge is 0.319 e. The summed E-state index contributed by atoms with van der Waals surface area (Å²) >= 11 is 1.25. The van der Waals surface area contributed by atoms with Crippen LogP contribution in [0.1, 0.15) is 12.5 Å². The number of carbonyl (C=O) groups excluding carboxylic acids is 3. The van der Waals surface area contributed by atoms with E-state index in [9.17, 15) is 18.8 Å². The number of rotatable bonds is 5. The van der Waals surface area contributed by atoms with Crippen molar-refractivity contribution in [2.24, 2.45) is 0 Å². The van der Waals surface area contributed by atoms with Crippen LogP contribution in [0.2, 0.25) is 0 Å². The molecule has 0 radical (unpaired) electrons. The third-order valence-electron chi connectivity index (χ3n) is 4.82. The molecular formula is C21H17FN4O3S. The molecular weight excluding hydrogens is 407 g/mol. The molecule has 1 saturated heterocycles. The van der Waals surface area contributed by atoms with Crippen LogP contribution < -0.4 is 10.6 Å². The number of nitrogens with one attached hydrogen (secondary N) is 2. The second-order valence-corrected chi connectivity index (χ2v) is 7.76. The largest absolute Gasteiger partial charge is 0.325 e. The Morgan fingerprint density at radius 1 is 1.17 bits per heavy atom. The van der Waals surface area contributed by atoms with Crippen molar-refractivity contribution in [2.75, 3.05) is 11.9 Å². The fraction of sp³-hybridized carbons (Fsp3) is 0.143. The minimum Gasteiger partial charge on any atom is -0.319 e. The molecule has 3 aromatic rings. The zero-order chi connectivity index (χ0) is 21.3. The van der Waals surface area contributed by atoms with Gasteiger partial charge in [0.25, 0.3) is 5.91 Å². The Balaban J connectivity index is 1.45. The molecule has 1 aliphatic heterocycles. The Kier molecular flexibility index (Phi) is 5.04. The maximum Gasteiger partial charge on any atom is 0.325 e. The van der Waals surface area contributed by atoms with Gasteiger partial charge in [0, 0.05) is 10.9 Å². The molecule has 7 nitrogen and oxygen atoms in total. The Labute approximate surface area is 175 Å². The van der Waals surface area contributed by atoms with Crippen LogP contribution in [0.5, 0.6) is 0 Å². The van der Waals surface area contributed by atoms with Crippen LogP contribution in [0.3, 0.4) is 0 Å². The highest BCUT2D eigenvalue weighted by Crippen LogP contribution is 2.29. The third-order valence-corrected chi connectivity index (χ3v) is 5.58. The summed E-state index contributed by atoms with van der Waals surface area (Å²) in [5.41, 5.74) is 0.693. The second kappa shape index (κ2) is 7.68. The lowest BCUT2D eigenvalue weighted by Crippen LogP contribution is -2.42. The molecule has 1 fully saturated rings. The molecule has 9 heteroatoms. The van der Waals surface area contributed by atoms with Crippen LogP contribution in [-0.4, -0.2) is 34.3 Å². The van der Waals surface area contributed by atoms with Gasteiger partial charge in [-0.15, -0.1) is 11.3 Å². The first-order valence-electron chi connectivity index (χ1n) is 9.08. The van der Waals surface area contributed by atoms with Crippen molar-refractivity contribution in [3.05, 3.63) is 71.4 Å². The maximum atomic E-state index is 13.2. The van der Waals surface area contributed by atoms with E-state index in [0.717, 1.165) is 16.2 Å². The van der Waals surface area contributed by atoms with Gasteiger partial charge in [-0.2, -0.15) is 0 Å². The summed E-state index contributed by atoms with van der Waals surface area (Å²) in [6.07, 6.45) is 0. The number of halogens is 1. The Hall–Kier alpha value is -3.59. The number of carbonyl (C=O) groups is 3. The van der Waals surface area contributed by atoms with Crippen molar-refractivity contribution in [3.8, 4) is 11.3 Å². The van der Waals surface area contributed by atoms with E-state index in [1.54, 1.807) is 0 Å². The van der Waals surface area contributed by atoms with Gasteiger partial charge in [0.2, 0.25) is 5.91 Å². The summed E-state index contributed by atoms with van der Waals surface area (Å²) in [4.78, 5) is 42.8. The number of imide groups is 1. The van der Waals surface area contributed by atoms with Gasteiger partial charge >= 0.3 is 6.03 Å². The molecule has 0 bridgehead atoms. The van der Waals surface area contributed by atoms with Crippen LogP contribution in [0.25, 0.3) is 11.3 Å². The molecule has 0 saturated carbocycles. The quantitative estimate of drug-likeness (QED) is 0.615. The molecule has 30 heavy (non-hydrogen) atoms. The lowest BCUT2D eigenvalue weighted by molar-refractivity contribution is -0.133. The number of urea groups is 1. The van der Waals surface area contributed by atoms with Crippen molar-refractivity contribution in [3.63, 3.8) is 0 Å². The van der Waals surface area contributed by atoms with Gasteiger partial charge in [0.15, 0.2) is 5.13 Å². The highest BCUT2D eigenvalue weighted by atomic mass is 32.1. The van der Waals surface area contributed by atoms with Crippen LogP contribution in [0.4, 0.5) is 14.3 Å². The molecule has 1 aliphatic rings. The second-order valence-electron chi connectivity index (χ2n) is 6.91. The summed E-state index contributed by atoms with van der Waals surface area (Å²) in [6.45, 7) is 1.06.